The molecule has 0 saturated carbocycles. The van der Waals surface area contributed by atoms with E-state index in [1.165, 1.54) is 12.1 Å². The number of nitrogens with one attached hydrogen (secondary N) is 2. The van der Waals surface area contributed by atoms with Crippen molar-refractivity contribution < 1.29 is 13.2 Å². The van der Waals surface area contributed by atoms with Crippen LogP contribution in [-0.4, -0.2) is 26.4 Å². The van der Waals surface area contributed by atoms with Crippen LogP contribution in [0.5, 0.6) is 0 Å². The van der Waals surface area contributed by atoms with E-state index in [0.29, 0.717) is 5.69 Å². The number of anilines is 2. The Hall–Kier alpha value is -1.80. The fourth-order valence-electron chi connectivity index (χ4n) is 1.63. The van der Waals surface area contributed by atoms with Crippen molar-refractivity contribution in [2.75, 3.05) is 11.1 Å². The highest BCUT2D eigenvalue weighted by Crippen LogP contribution is 2.26. The number of sulfonamides is 1. The van der Waals surface area contributed by atoms with E-state index >= 15 is 0 Å². The zero-order chi connectivity index (χ0) is 15.5. The van der Waals surface area contributed by atoms with Crippen molar-refractivity contribution in [2.45, 2.75) is 37.8 Å². The van der Waals surface area contributed by atoms with Crippen molar-refractivity contribution in [3.63, 3.8) is 0 Å². The molecule has 0 heterocycles. The molecule has 0 aliphatic carbocycles. The molecule has 1 unspecified atom stereocenters. The molecule has 0 spiro atoms. The normalized spacial score (nSPS) is 13.1. The summed E-state index contributed by atoms with van der Waals surface area (Å²) in [5, 5.41) is 10.7. The van der Waals surface area contributed by atoms with Crippen molar-refractivity contribution in [1.29, 1.82) is 0 Å². The third kappa shape index (κ3) is 4.10. The third-order valence-electron chi connectivity index (χ3n) is 2.57. The third-order valence-corrected chi connectivity index (χ3v) is 3.54. The van der Waals surface area contributed by atoms with E-state index in [0.717, 1.165) is 0 Å². The topological polar surface area (TPSA) is 127 Å². The fourth-order valence-corrected chi connectivity index (χ4v) is 2.31. The Balaban J connectivity index is 2.97. The van der Waals surface area contributed by atoms with Crippen molar-refractivity contribution in [2.24, 2.45) is 5.14 Å². The first kappa shape index (κ1) is 16.3. The molecule has 0 radical (unpaired) electrons. The van der Waals surface area contributed by atoms with E-state index in [4.69, 9.17) is 10.9 Å². The largest absolute Gasteiger partial charge is 0.396 e. The van der Waals surface area contributed by atoms with Crippen molar-refractivity contribution in [3.05, 3.63) is 18.2 Å². The van der Waals surface area contributed by atoms with Gasteiger partial charge in [0.2, 0.25) is 15.9 Å². The molecule has 0 fully saturated rings. The molecule has 112 valence electrons. The molecule has 0 aromatic heterocycles. The van der Waals surface area contributed by atoms with Gasteiger partial charge < -0.3 is 16.4 Å². The minimum Gasteiger partial charge on any atom is -0.396 e. The lowest BCUT2D eigenvalue weighted by Crippen LogP contribution is -2.41. The monoisotopic (exact) mass is 300 g/mol. The lowest BCUT2D eigenvalue weighted by atomic mass is 10.2. The van der Waals surface area contributed by atoms with E-state index in [9.17, 15) is 13.2 Å². The Morgan fingerprint density at radius 3 is 2.35 bits per heavy atom. The number of nitrogens with two attached hydrogens (primary N) is 2. The van der Waals surface area contributed by atoms with Crippen molar-refractivity contribution >= 4 is 27.3 Å². The highest BCUT2D eigenvalue weighted by molar-refractivity contribution is 7.89. The lowest BCUT2D eigenvalue weighted by Gasteiger charge is -2.19. The molecule has 0 saturated heterocycles. The van der Waals surface area contributed by atoms with Crippen LogP contribution in [0.1, 0.15) is 20.8 Å². The van der Waals surface area contributed by atoms with Gasteiger partial charge in [0, 0.05) is 6.04 Å². The number of primary sulfonamides is 1. The summed E-state index contributed by atoms with van der Waals surface area (Å²) in [7, 11) is -3.90. The number of carbonyl (C=O) groups excluding carboxylic acids is 1. The molecule has 0 aliphatic heterocycles. The maximum Gasteiger partial charge on any atom is 0.242 e. The van der Waals surface area contributed by atoms with Crippen LogP contribution < -0.4 is 21.5 Å². The number of rotatable bonds is 5. The summed E-state index contributed by atoms with van der Waals surface area (Å²) in [6.07, 6.45) is 0. The number of carbonyl (C=O) groups is 1. The standard InChI is InChI=1S/C12H20N4O3S/c1-7(2)15-12(17)8(3)16-9-5-4-6-10(11(9)13)20(14,18)19/h4-8,16H,13H2,1-3H3,(H,15,17)(H2,14,18,19). The van der Waals surface area contributed by atoms with E-state index < -0.39 is 16.1 Å². The number of hydrogen-bond donors (Lipinski definition) is 4. The predicted octanol–water partition coefficient (Wildman–Crippen LogP) is 0.241. The molecule has 1 atom stereocenters. The van der Waals surface area contributed by atoms with Gasteiger partial charge in [0.25, 0.3) is 0 Å². The number of hydrogen-bond acceptors (Lipinski definition) is 5. The molecule has 6 N–H and O–H groups in total. The second kappa shape index (κ2) is 6.10. The Kier molecular flexibility index (Phi) is 4.96. The van der Waals surface area contributed by atoms with Gasteiger partial charge in [0.1, 0.15) is 10.9 Å². The summed E-state index contributed by atoms with van der Waals surface area (Å²) in [4.78, 5) is 11.6. The molecule has 1 aromatic carbocycles. The maximum atomic E-state index is 11.8. The van der Waals surface area contributed by atoms with Crippen molar-refractivity contribution in [1.82, 2.24) is 5.32 Å². The van der Waals surface area contributed by atoms with Gasteiger partial charge >= 0.3 is 0 Å². The summed E-state index contributed by atoms with van der Waals surface area (Å²) in [5.41, 5.74) is 6.11. The second-order valence-corrected chi connectivity index (χ2v) is 6.32. The average Bonchev–Trinajstić information content (AvgIpc) is 2.29. The van der Waals surface area contributed by atoms with Crippen LogP contribution in [-0.2, 0) is 14.8 Å². The lowest BCUT2D eigenvalue weighted by molar-refractivity contribution is -0.122. The van der Waals surface area contributed by atoms with Gasteiger partial charge in [-0.3, -0.25) is 4.79 Å². The van der Waals surface area contributed by atoms with Crippen LogP contribution in [0.2, 0.25) is 0 Å². The Bertz CT molecular complexity index is 599. The first-order valence-electron chi connectivity index (χ1n) is 6.11. The van der Waals surface area contributed by atoms with Gasteiger partial charge in [-0.2, -0.15) is 0 Å². The minimum atomic E-state index is -3.90. The van der Waals surface area contributed by atoms with E-state index in [-0.39, 0.29) is 22.5 Å². The van der Waals surface area contributed by atoms with Crippen LogP contribution >= 0.6 is 0 Å². The molecule has 1 aromatic rings. The van der Waals surface area contributed by atoms with Crippen LogP contribution in [0.15, 0.2) is 23.1 Å². The highest BCUT2D eigenvalue weighted by Gasteiger charge is 2.18. The van der Waals surface area contributed by atoms with Gasteiger partial charge in [-0.25, -0.2) is 13.6 Å². The first-order valence-corrected chi connectivity index (χ1v) is 7.65. The minimum absolute atomic E-state index is 0.000744. The molecule has 0 bridgehead atoms. The summed E-state index contributed by atoms with van der Waals surface area (Å²) in [6.45, 7) is 5.35. The van der Waals surface area contributed by atoms with Crippen LogP contribution in [0, 0.1) is 0 Å². The molecule has 1 rings (SSSR count). The SMILES string of the molecule is CC(C)NC(=O)C(C)Nc1cccc(S(N)(=O)=O)c1N. The molecule has 7 nitrogen and oxygen atoms in total. The summed E-state index contributed by atoms with van der Waals surface area (Å²) in [5.74, 6) is -0.208. The van der Waals surface area contributed by atoms with E-state index in [2.05, 4.69) is 10.6 Å². The highest BCUT2D eigenvalue weighted by atomic mass is 32.2. The number of amides is 1. The quantitative estimate of drug-likeness (QED) is 0.579. The molecule has 1 amide bonds. The van der Waals surface area contributed by atoms with Gasteiger partial charge in [-0.05, 0) is 32.9 Å². The smallest absolute Gasteiger partial charge is 0.242 e. The fraction of sp³-hybridized carbons (Fsp3) is 0.417. The van der Waals surface area contributed by atoms with Gasteiger partial charge in [0.15, 0.2) is 0 Å². The zero-order valence-electron chi connectivity index (χ0n) is 11.7. The Morgan fingerprint density at radius 1 is 1.25 bits per heavy atom. The molecule has 8 heteroatoms. The first-order chi connectivity index (χ1) is 9.12. The maximum absolute atomic E-state index is 11.8. The van der Waals surface area contributed by atoms with Crippen molar-refractivity contribution in [3.8, 4) is 0 Å². The Morgan fingerprint density at radius 2 is 1.85 bits per heavy atom. The second-order valence-electron chi connectivity index (χ2n) is 4.79. The molecular formula is C12H20N4O3S. The van der Waals surface area contributed by atoms with Gasteiger partial charge in [-0.1, -0.05) is 6.07 Å². The summed E-state index contributed by atoms with van der Waals surface area (Å²) >= 11 is 0. The Labute approximate surface area is 118 Å². The molecule has 20 heavy (non-hydrogen) atoms. The number of nitrogen functional groups attached to an aromatic ring is 1. The number of para-hydroxylation sites is 1. The summed E-state index contributed by atoms with van der Waals surface area (Å²) in [6, 6.07) is 3.86. The zero-order valence-corrected chi connectivity index (χ0v) is 12.5. The van der Waals surface area contributed by atoms with Gasteiger partial charge in [-0.15, -0.1) is 0 Å². The molecular weight excluding hydrogens is 280 g/mol. The number of benzene rings is 1. The average molecular weight is 300 g/mol. The molecule has 0 aliphatic rings. The van der Waals surface area contributed by atoms with E-state index in [1.54, 1.807) is 13.0 Å². The van der Waals surface area contributed by atoms with E-state index in [1.807, 2.05) is 13.8 Å². The van der Waals surface area contributed by atoms with Crippen LogP contribution in [0.4, 0.5) is 11.4 Å². The summed E-state index contributed by atoms with van der Waals surface area (Å²) < 4.78 is 22.7. The van der Waals surface area contributed by atoms with Crippen LogP contribution in [0.3, 0.4) is 0 Å². The van der Waals surface area contributed by atoms with Crippen LogP contribution in [0.25, 0.3) is 0 Å². The predicted molar refractivity (Wildman–Crippen MR) is 78.6 cm³/mol. The van der Waals surface area contributed by atoms with Gasteiger partial charge in [0.05, 0.1) is 11.4 Å².